The molecule has 2 rings (SSSR count). The van der Waals surface area contributed by atoms with Crippen molar-refractivity contribution < 1.29 is 0 Å². The Hall–Kier alpha value is -2.37. The number of hydrogen-bond donors (Lipinski definition) is 1. The van der Waals surface area contributed by atoms with Gasteiger partial charge >= 0.3 is 5.69 Å². The molecule has 0 saturated carbocycles. The van der Waals surface area contributed by atoms with Crippen molar-refractivity contribution in [3.63, 3.8) is 0 Å². The van der Waals surface area contributed by atoms with Crippen molar-refractivity contribution in [2.75, 3.05) is 5.73 Å². The van der Waals surface area contributed by atoms with Crippen molar-refractivity contribution in [3.05, 3.63) is 56.6 Å². The molecule has 0 aliphatic rings. The Balaban J connectivity index is 2.53. The number of nitrogens with two attached hydrogens (primary N) is 1. The molecule has 18 heavy (non-hydrogen) atoms. The van der Waals surface area contributed by atoms with E-state index in [0.717, 1.165) is 10.3 Å². The lowest BCUT2D eigenvalue weighted by Gasteiger charge is -2.08. The molecule has 2 aromatic heterocycles. The summed E-state index contributed by atoms with van der Waals surface area (Å²) < 4.78 is 2.36. The number of aryl methyl sites for hydroxylation is 2. The fourth-order valence-corrected chi connectivity index (χ4v) is 1.74. The van der Waals surface area contributed by atoms with Crippen molar-refractivity contribution >= 4 is 5.69 Å². The third-order valence-corrected chi connectivity index (χ3v) is 2.62. The second kappa shape index (κ2) is 4.48. The summed E-state index contributed by atoms with van der Waals surface area (Å²) in [6.07, 6.45) is 1.32. The Morgan fingerprint density at radius 2 is 2.06 bits per heavy atom. The van der Waals surface area contributed by atoms with Gasteiger partial charge in [0.05, 0.1) is 12.2 Å². The summed E-state index contributed by atoms with van der Waals surface area (Å²) in [6, 6.07) is 5.45. The van der Waals surface area contributed by atoms with Crippen molar-refractivity contribution in [1.29, 1.82) is 0 Å². The second-order valence-corrected chi connectivity index (χ2v) is 4.14. The molecule has 0 atom stereocenters. The summed E-state index contributed by atoms with van der Waals surface area (Å²) in [5.41, 5.74) is 6.20. The molecule has 0 aliphatic heterocycles. The third kappa shape index (κ3) is 2.17. The standard InChI is InChI=1S/C12H14N4O2/c1-8-4-3-5-9(14-8)6-16-11(17)10(13)7-15(2)12(16)18/h3-5,7H,6,13H2,1-2H3. The van der Waals surface area contributed by atoms with E-state index in [0.29, 0.717) is 5.69 Å². The molecule has 0 unspecified atom stereocenters. The molecule has 0 saturated heterocycles. The summed E-state index contributed by atoms with van der Waals surface area (Å²) in [5.74, 6) is 0. The molecular formula is C12H14N4O2. The number of nitrogens with zero attached hydrogens (tertiary/aromatic N) is 3. The average Bonchev–Trinajstić information content (AvgIpc) is 2.32. The summed E-state index contributed by atoms with van der Waals surface area (Å²) in [4.78, 5) is 28.0. The molecule has 2 aromatic rings. The van der Waals surface area contributed by atoms with Gasteiger partial charge in [0.15, 0.2) is 0 Å². The van der Waals surface area contributed by atoms with Crippen LogP contribution in [-0.4, -0.2) is 14.1 Å². The van der Waals surface area contributed by atoms with Crippen LogP contribution in [0.5, 0.6) is 0 Å². The highest BCUT2D eigenvalue weighted by Crippen LogP contribution is 1.99. The Morgan fingerprint density at radius 3 is 2.72 bits per heavy atom. The lowest BCUT2D eigenvalue weighted by molar-refractivity contribution is 0.633. The Labute approximate surface area is 103 Å². The number of hydrogen-bond acceptors (Lipinski definition) is 4. The van der Waals surface area contributed by atoms with Gasteiger partial charge < -0.3 is 10.3 Å². The van der Waals surface area contributed by atoms with E-state index in [1.54, 1.807) is 13.1 Å². The van der Waals surface area contributed by atoms with Gasteiger partial charge in [0.2, 0.25) is 0 Å². The maximum absolute atomic E-state index is 11.9. The van der Waals surface area contributed by atoms with E-state index in [9.17, 15) is 9.59 Å². The van der Waals surface area contributed by atoms with Crippen LogP contribution in [0.4, 0.5) is 5.69 Å². The molecule has 2 N–H and O–H groups in total. The van der Waals surface area contributed by atoms with Gasteiger partial charge in [-0.2, -0.15) is 0 Å². The van der Waals surface area contributed by atoms with Crippen molar-refractivity contribution in [2.24, 2.45) is 7.05 Å². The fourth-order valence-electron chi connectivity index (χ4n) is 1.74. The molecule has 0 spiro atoms. The minimum absolute atomic E-state index is 0.0461. The van der Waals surface area contributed by atoms with Crippen LogP contribution in [0.3, 0.4) is 0 Å². The van der Waals surface area contributed by atoms with Crippen molar-refractivity contribution in [1.82, 2.24) is 14.1 Å². The van der Waals surface area contributed by atoms with E-state index in [1.165, 1.54) is 10.8 Å². The number of anilines is 1. The predicted octanol–water partition coefficient (Wildman–Crippen LogP) is -0.119. The minimum Gasteiger partial charge on any atom is -0.393 e. The van der Waals surface area contributed by atoms with Crippen molar-refractivity contribution in [2.45, 2.75) is 13.5 Å². The quantitative estimate of drug-likeness (QED) is 0.800. The van der Waals surface area contributed by atoms with Crippen molar-refractivity contribution in [3.8, 4) is 0 Å². The molecular weight excluding hydrogens is 232 g/mol. The topological polar surface area (TPSA) is 82.9 Å². The zero-order chi connectivity index (χ0) is 13.3. The zero-order valence-corrected chi connectivity index (χ0v) is 10.3. The van der Waals surface area contributed by atoms with Crippen LogP contribution in [0.2, 0.25) is 0 Å². The number of nitrogen functional groups attached to an aromatic ring is 1. The van der Waals surface area contributed by atoms with Gasteiger partial charge in [0, 0.05) is 18.9 Å². The maximum Gasteiger partial charge on any atom is 0.331 e. The molecule has 94 valence electrons. The summed E-state index contributed by atoms with van der Waals surface area (Å²) in [6.45, 7) is 1.97. The van der Waals surface area contributed by atoms with Crippen LogP contribution >= 0.6 is 0 Å². The molecule has 0 aliphatic carbocycles. The lowest BCUT2D eigenvalue weighted by atomic mass is 10.3. The SMILES string of the molecule is Cc1cccc(Cn2c(=O)c(N)cn(C)c2=O)n1. The molecule has 2 heterocycles. The maximum atomic E-state index is 11.9. The van der Waals surface area contributed by atoms with Gasteiger partial charge in [-0.3, -0.25) is 14.3 Å². The highest BCUT2D eigenvalue weighted by atomic mass is 16.2. The van der Waals surface area contributed by atoms with E-state index in [2.05, 4.69) is 4.98 Å². The average molecular weight is 246 g/mol. The monoisotopic (exact) mass is 246 g/mol. The first-order valence-corrected chi connectivity index (χ1v) is 5.47. The highest BCUT2D eigenvalue weighted by Gasteiger charge is 2.08. The van der Waals surface area contributed by atoms with Gasteiger partial charge in [-0.25, -0.2) is 4.79 Å². The summed E-state index contributed by atoms with van der Waals surface area (Å²) in [5, 5.41) is 0. The van der Waals surface area contributed by atoms with Gasteiger partial charge in [-0.15, -0.1) is 0 Å². The van der Waals surface area contributed by atoms with Gasteiger partial charge in [0.25, 0.3) is 5.56 Å². The van der Waals surface area contributed by atoms with E-state index in [-0.39, 0.29) is 12.2 Å². The lowest BCUT2D eigenvalue weighted by Crippen LogP contribution is -2.40. The van der Waals surface area contributed by atoms with Crippen LogP contribution in [-0.2, 0) is 13.6 Å². The van der Waals surface area contributed by atoms with Gasteiger partial charge in [-0.1, -0.05) is 6.07 Å². The molecule has 0 fully saturated rings. The van der Waals surface area contributed by atoms with Crippen LogP contribution in [0, 0.1) is 6.92 Å². The minimum atomic E-state index is -0.485. The first kappa shape index (κ1) is 12.1. The Morgan fingerprint density at radius 1 is 1.33 bits per heavy atom. The molecule has 0 bridgehead atoms. The Bertz CT molecular complexity index is 666. The molecule has 0 aromatic carbocycles. The summed E-state index contributed by atoms with van der Waals surface area (Å²) >= 11 is 0. The van der Waals surface area contributed by atoms with Gasteiger partial charge in [0.1, 0.15) is 5.69 Å². The van der Waals surface area contributed by atoms with Gasteiger partial charge in [-0.05, 0) is 19.1 Å². The zero-order valence-electron chi connectivity index (χ0n) is 10.3. The summed E-state index contributed by atoms with van der Waals surface area (Å²) in [7, 11) is 1.55. The Kier molecular flexibility index (Phi) is 3.01. The predicted molar refractivity (Wildman–Crippen MR) is 68.4 cm³/mol. The molecule has 0 amide bonds. The van der Waals surface area contributed by atoms with Crippen LogP contribution in [0.15, 0.2) is 34.0 Å². The normalized spacial score (nSPS) is 10.6. The molecule has 6 nitrogen and oxygen atoms in total. The first-order chi connectivity index (χ1) is 8.49. The van der Waals surface area contributed by atoms with E-state index in [1.807, 2.05) is 19.1 Å². The molecule has 6 heteroatoms. The number of pyridine rings is 1. The fraction of sp³-hybridized carbons (Fsp3) is 0.250. The van der Waals surface area contributed by atoms with E-state index < -0.39 is 11.2 Å². The van der Waals surface area contributed by atoms with Crippen LogP contribution in [0.1, 0.15) is 11.4 Å². The smallest absolute Gasteiger partial charge is 0.331 e. The van der Waals surface area contributed by atoms with Crippen LogP contribution < -0.4 is 17.0 Å². The number of aromatic nitrogens is 3. The number of rotatable bonds is 2. The first-order valence-electron chi connectivity index (χ1n) is 5.47. The van der Waals surface area contributed by atoms with E-state index >= 15 is 0 Å². The van der Waals surface area contributed by atoms with Crippen LogP contribution in [0.25, 0.3) is 0 Å². The second-order valence-electron chi connectivity index (χ2n) is 4.14. The third-order valence-electron chi connectivity index (χ3n) is 2.62. The largest absolute Gasteiger partial charge is 0.393 e. The van der Waals surface area contributed by atoms with E-state index in [4.69, 9.17) is 5.73 Å². The highest BCUT2D eigenvalue weighted by molar-refractivity contribution is 5.31. The molecule has 0 radical (unpaired) electrons.